The average Bonchev–Trinajstić information content (AvgIpc) is 2.58. The van der Waals surface area contributed by atoms with E-state index in [1.165, 1.54) is 4.90 Å². The van der Waals surface area contributed by atoms with Gasteiger partial charge >= 0.3 is 5.97 Å². The molecule has 5 heteroatoms. The van der Waals surface area contributed by atoms with Gasteiger partial charge in [0, 0.05) is 18.8 Å². The van der Waals surface area contributed by atoms with Crippen molar-refractivity contribution < 1.29 is 14.7 Å². The van der Waals surface area contributed by atoms with E-state index in [0.717, 1.165) is 0 Å². The van der Waals surface area contributed by atoms with Gasteiger partial charge in [-0.2, -0.15) is 0 Å². The van der Waals surface area contributed by atoms with Crippen LogP contribution in [0.15, 0.2) is 18.3 Å². The van der Waals surface area contributed by atoms with E-state index >= 15 is 0 Å². The van der Waals surface area contributed by atoms with E-state index in [1.807, 2.05) is 20.8 Å². The number of carboxylic acid groups (broad SMARTS) is 1. The van der Waals surface area contributed by atoms with Crippen LogP contribution in [0.3, 0.4) is 0 Å². The number of carboxylic acids is 1. The SMILES string of the molecule is Cn1cccc1C(=O)N(CC(=O)O)C(C)(C)C. The third kappa shape index (κ3) is 3.09. The average molecular weight is 238 g/mol. The Hall–Kier alpha value is -1.78. The summed E-state index contributed by atoms with van der Waals surface area (Å²) < 4.78 is 1.68. The minimum Gasteiger partial charge on any atom is -0.480 e. The van der Waals surface area contributed by atoms with Crippen LogP contribution in [-0.2, 0) is 11.8 Å². The summed E-state index contributed by atoms with van der Waals surface area (Å²) in [6.45, 7) is 5.15. The molecule has 1 aromatic rings. The lowest BCUT2D eigenvalue weighted by molar-refractivity contribution is -0.138. The molecule has 17 heavy (non-hydrogen) atoms. The van der Waals surface area contributed by atoms with E-state index in [-0.39, 0.29) is 12.5 Å². The standard InChI is InChI=1S/C12H18N2O3/c1-12(2,3)14(8-10(15)16)11(17)9-6-5-7-13(9)4/h5-7H,8H2,1-4H3,(H,15,16). The molecule has 0 aliphatic carbocycles. The summed E-state index contributed by atoms with van der Waals surface area (Å²) in [5, 5.41) is 8.86. The number of aromatic nitrogens is 1. The highest BCUT2D eigenvalue weighted by Gasteiger charge is 2.30. The fourth-order valence-corrected chi connectivity index (χ4v) is 1.57. The van der Waals surface area contributed by atoms with Crippen LogP contribution in [0.1, 0.15) is 31.3 Å². The number of rotatable bonds is 3. The van der Waals surface area contributed by atoms with Gasteiger partial charge in [0.2, 0.25) is 0 Å². The van der Waals surface area contributed by atoms with Gasteiger partial charge in [-0.3, -0.25) is 9.59 Å². The van der Waals surface area contributed by atoms with Gasteiger partial charge in [-0.1, -0.05) is 0 Å². The number of hydrogen-bond acceptors (Lipinski definition) is 2. The number of hydrogen-bond donors (Lipinski definition) is 1. The maximum absolute atomic E-state index is 12.3. The van der Waals surface area contributed by atoms with Crippen molar-refractivity contribution in [3.05, 3.63) is 24.0 Å². The zero-order valence-corrected chi connectivity index (χ0v) is 10.6. The summed E-state index contributed by atoms with van der Waals surface area (Å²) in [6.07, 6.45) is 1.76. The Morgan fingerprint density at radius 1 is 1.41 bits per heavy atom. The molecule has 5 nitrogen and oxygen atoms in total. The zero-order chi connectivity index (χ0) is 13.2. The van der Waals surface area contributed by atoms with Crippen LogP contribution >= 0.6 is 0 Å². The monoisotopic (exact) mass is 238 g/mol. The van der Waals surface area contributed by atoms with Crippen molar-refractivity contribution in [3.8, 4) is 0 Å². The summed E-state index contributed by atoms with van der Waals surface area (Å²) in [5.74, 6) is -1.28. The summed E-state index contributed by atoms with van der Waals surface area (Å²) >= 11 is 0. The van der Waals surface area contributed by atoms with E-state index in [2.05, 4.69) is 0 Å². The Kier molecular flexibility index (Phi) is 3.60. The lowest BCUT2D eigenvalue weighted by atomic mass is 10.1. The van der Waals surface area contributed by atoms with Crippen LogP contribution < -0.4 is 0 Å². The van der Waals surface area contributed by atoms with Crippen molar-refractivity contribution in [1.29, 1.82) is 0 Å². The highest BCUT2D eigenvalue weighted by atomic mass is 16.4. The zero-order valence-electron chi connectivity index (χ0n) is 10.6. The molecule has 1 amide bonds. The quantitative estimate of drug-likeness (QED) is 0.864. The topological polar surface area (TPSA) is 62.5 Å². The molecule has 1 N–H and O–H groups in total. The molecule has 0 aliphatic heterocycles. The first-order valence-electron chi connectivity index (χ1n) is 5.38. The van der Waals surface area contributed by atoms with Gasteiger partial charge < -0.3 is 14.6 Å². The highest BCUT2D eigenvalue weighted by molar-refractivity contribution is 5.95. The van der Waals surface area contributed by atoms with Crippen molar-refractivity contribution in [2.45, 2.75) is 26.3 Å². The van der Waals surface area contributed by atoms with Gasteiger partial charge in [0.05, 0.1) is 0 Å². The van der Waals surface area contributed by atoms with E-state index in [9.17, 15) is 9.59 Å². The summed E-state index contributed by atoms with van der Waals surface area (Å²) in [5.41, 5.74) is -0.0408. The molecule has 0 saturated heterocycles. The minimum absolute atomic E-state index is 0.271. The number of carbonyl (C=O) groups is 2. The Balaban J connectivity index is 3.04. The summed E-state index contributed by atoms with van der Waals surface area (Å²) in [6, 6.07) is 3.44. The molecule has 0 spiro atoms. The molecule has 94 valence electrons. The number of carbonyl (C=O) groups excluding carboxylic acids is 1. The van der Waals surface area contributed by atoms with Crippen LogP contribution in [0.4, 0.5) is 0 Å². The van der Waals surface area contributed by atoms with Gasteiger partial charge in [-0.25, -0.2) is 0 Å². The third-order valence-electron chi connectivity index (χ3n) is 2.51. The molecule has 0 bridgehead atoms. The van der Waals surface area contributed by atoms with Crippen LogP contribution in [0.2, 0.25) is 0 Å². The molecule has 0 fully saturated rings. The predicted molar refractivity (Wildman–Crippen MR) is 63.8 cm³/mol. The van der Waals surface area contributed by atoms with Gasteiger partial charge in [0.15, 0.2) is 0 Å². The molecule has 0 atom stereocenters. The Bertz CT molecular complexity index is 429. The van der Waals surface area contributed by atoms with Gasteiger partial charge in [-0.15, -0.1) is 0 Å². The number of aryl methyl sites for hydroxylation is 1. The predicted octanol–water partition coefficient (Wildman–Crippen LogP) is 1.35. The second-order valence-corrected chi connectivity index (χ2v) is 4.96. The Morgan fingerprint density at radius 3 is 2.35 bits per heavy atom. The third-order valence-corrected chi connectivity index (χ3v) is 2.51. The molecule has 1 heterocycles. The van der Waals surface area contributed by atoms with Crippen molar-refractivity contribution in [2.75, 3.05) is 6.54 Å². The van der Waals surface area contributed by atoms with E-state index in [0.29, 0.717) is 5.69 Å². The van der Waals surface area contributed by atoms with Gasteiger partial charge in [0.25, 0.3) is 5.91 Å². The Labute approximate surface area is 101 Å². The lowest BCUT2D eigenvalue weighted by Gasteiger charge is -2.34. The second kappa shape index (κ2) is 4.61. The molecule has 0 unspecified atom stereocenters. The lowest BCUT2D eigenvalue weighted by Crippen LogP contribution is -2.48. The molecule has 0 aliphatic rings. The fourth-order valence-electron chi connectivity index (χ4n) is 1.57. The first-order chi connectivity index (χ1) is 7.73. The molecule has 0 saturated carbocycles. The van der Waals surface area contributed by atoms with Crippen LogP contribution in [-0.4, -0.2) is 38.5 Å². The van der Waals surface area contributed by atoms with Crippen molar-refractivity contribution in [3.63, 3.8) is 0 Å². The van der Waals surface area contributed by atoms with Crippen LogP contribution in [0.5, 0.6) is 0 Å². The summed E-state index contributed by atoms with van der Waals surface area (Å²) in [4.78, 5) is 24.4. The molecular weight excluding hydrogens is 220 g/mol. The van der Waals surface area contributed by atoms with Gasteiger partial charge in [0.1, 0.15) is 12.2 Å². The van der Waals surface area contributed by atoms with Crippen LogP contribution in [0, 0.1) is 0 Å². The van der Waals surface area contributed by atoms with E-state index < -0.39 is 11.5 Å². The largest absolute Gasteiger partial charge is 0.480 e. The molecule has 0 aromatic carbocycles. The maximum atomic E-state index is 12.3. The molecule has 1 rings (SSSR count). The molecule has 0 radical (unpaired) electrons. The maximum Gasteiger partial charge on any atom is 0.323 e. The fraction of sp³-hybridized carbons (Fsp3) is 0.500. The number of aliphatic carboxylic acids is 1. The number of nitrogens with zero attached hydrogens (tertiary/aromatic N) is 2. The van der Waals surface area contributed by atoms with Crippen molar-refractivity contribution >= 4 is 11.9 Å². The van der Waals surface area contributed by atoms with Gasteiger partial charge in [-0.05, 0) is 32.9 Å². The number of amides is 1. The van der Waals surface area contributed by atoms with Crippen LogP contribution in [0.25, 0.3) is 0 Å². The summed E-state index contributed by atoms with van der Waals surface area (Å²) in [7, 11) is 1.76. The molecular formula is C12H18N2O3. The van der Waals surface area contributed by atoms with E-state index in [4.69, 9.17) is 5.11 Å². The highest BCUT2D eigenvalue weighted by Crippen LogP contribution is 2.17. The minimum atomic E-state index is -1.01. The van der Waals surface area contributed by atoms with E-state index in [1.54, 1.807) is 29.9 Å². The smallest absolute Gasteiger partial charge is 0.323 e. The normalized spacial score (nSPS) is 11.3. The first-order valence-corrected chi connectivity index (χ1v) is 5.38. The Morgan fingerprint density at radius 2 is 2.00 bits per heavy atom. The molecule has 1 aromatic heterocycles. The first kappa shape index (κ1) is 13.3. The second-order valence-electron chi connectivity index (χ2n) is 4.96. The van der Waals surface area contributed by atoms with Crippen molar-refractivity contribution in [2.24, 2.45) is 7.05 Å². The van der Waals surface area contributed by atoms with Crippen molar-refractivity contribution in [1.82, 2.24) is 9.47 Å².